The molecular formula is C23H15F6N5O2. The van der Waals surface area contributed by atoms with Crippen LogP contribution in [0, 0.1) is 0 Å². The van der Waals surface area contributed by atoms with E-state index in [1.807, 2.05) is 0 Å². The Morgan fingerprint density at radius 2 is 1.53 bits per heavy atom. The number of hydrogen-bond donors (Lipinski definition) is 2. The number of nitrogen functional groups attached to an aromatic ring is 1. The average Bonchev–Trinajstić information content (AvgIpc) is 2.79. The summed E-state index contributed by atoms with van der Waals surface area (Å²) in [5, 5.41) is 2.93. The van der Waals surface area contributed by atoms with Gasteiger partial charge in [-0.3, -0.25) is 4.98 Å². The number of hydrogen-bond acceptors (Lipinski definition) is 7. The van der Waals surface area contributed by atoms with Gasteiger partial charge in [0, 0.05) is 29.6 Å². The van der Waals surface area contributed by atoms with Crippen LogP contribution in [0.3, 0.4) is 0 Å². The van der Waals surface area contributed by atoms with Gasteiger partial charge in [0.2, 0.25) is 5.95 Å². The van der Waals surface area contributed by atoms with Gasteiger partial charge in [-0.15, -0.1) is 13.2 Å². The van der Waals surface area contributed by atoms with Crippen LogP contribution >= 0.6 is 0 Å². The molecule has 4 aromatic rings. The van der Waals surface area contributed by atoms with Crippen LogP contribution in [0.25, 0.3) is 11.3 Å². The van der Waals surface area contributed by atoms with Gasteiger partial charge in [0.1, 0.15) is 28.8 Å². The highest BCUT2D eigenvalue weighted by molar-refractivity contribution is 5.71. The standard InChI is InChI=1S/C23H15F6N5O2/c24-22(25,26)19-11-15(9-10-31-19)35-14-7-5-13(6-8-14)32-20-12-17(33-21(30)34-20)16-3-1-2-4-18(16)36-23(27,28)29/h1-12H,(H3,30,32,33,34). The molecule has 0 fully saturated rings. The van der Waals surface area contributed by atoms with Crippen molar-refractivity contribution in [2.45, 2.75) is 12.5 Å². The zero-order valence-corrected chi connectivity index (χ0v) is 17.9. The monoisotopic (exact) mass is 507 g/mol. The second-order valence-corrected chi connectivity index (χ2v) is 7.17. The molecule has 2 aromatic carbocycles. The first kappa shape index (κ1) is 24.6. The molecule has 0 spiro atoms. The molecule has 7 nitrogen and oxygen atoms in total. The largest absolute Gasteiger partial charge is 0.573 e. The fourth-order valence-corrected chi connectivity index (χ4v) is 3.08. The number of para-hydroxylation sites is 1. The van der Waals surface area contributed by atoms with E-state index in [2.05, 4.69) is 25.0 Å². The third kappa shape index (κ3) is 6.31. The number of rotatable bonds is 6. The van der Waals surface area contributed by atoms with Crippen LogP contribution in [-0.2, 0) is 6.18 Å². The van der Waals surface area contributed by atoms with Crippen LogP contribution in [0.1, 0.15) is 5.69 Å². The van der Waals surface area contributed by atoms with Crippen LogP contribution in [0.2, 0.25) is 0 Å². The molecule has 0 saturated heterocycles. The maximum Gasteiger partial charge on any atom is 0.573 e. The Labute approximate surface area is 199 Å². The van der Waals surface area contributed by atoms with E-state index in [4.69, 9.17) is 10.5 Å². The second-order valence-electron chi connectivity index (χ2n) is 7.17. The van der Waals surface area contributed by atoms with Gasteiger partial charge < -0.3 is 20.5 Å². The van der Waals surface area contributed by atoms with Gasteiger partial charge in [-0.05, 0) is 42.5 Å². The molecule has 0 aliphatic rings. The van der Waals surface area contributed by atoms with Crippen molar-refractivity contribution in [3.63, 3.8) is 0 Å². The van der Waals surface area contributed by atoms with Crippen LogP contribution in [0.5, 0.6) is 17.2 Å². The van der Waals surface area contributed by atoms with Crippen LogP contribution in [0.4, 0.5) is 43.8 Å². The molecule has 2 aromatic heterocycles. The lowest BCUT2D eigenvalue weighted by atomic mass is 10.1. The Morgan fingerprint density at radius 3 is 2.22 bits per heavy atom. The molecule has 0 unspecified atom stereocenters. The zero-order chi connectivity index (χ0) is 25.9. The van der Waals surface area contributed by atoms with Gasteiger partial charge in [0.05, 0.1) is 5.69 Å². The molecule has 13 heteroatoms. The normalized spacial score (nSPS) is 11.7. The summed E-state index contributed by atoms with van der Waals surface area (Å²) in [6.45, 7) is 0. The number of anilines is 3. The number of ether oxygens (including phenoxy) is 2. The SMILES string of the molecule is Nc1nc(Nc2ccc(Oc3ccnc(C(F)(F)F)c3)cc2)cc(-c2ccccc2OC(F)(F)F)n1. The second kappa shape index (κ2) is 9.60. The number of nitrogens with two attached hydrogens (primary N) is 1. The molecule has 0 radical (unpaired) electrons. The molecule has 0 bridgehead atoms. The van der Waals surface area contributed by atoms with Gasteiger partial charge in [-0.1, -0.05) is 12.1 Å². The molecule has 3 N–H and O–H groups in total. The first-order chi connectivity index (χ1) is 17.0. The number of pyridine rings is 1. The van der Waals surface area contributed by atoms with Crippen molar-refractivity contribution >= 4 is 17.5 Å². The van der Waals surface area contributed by atoms with Crippen LogP contribution < -0.4 is 20.5 Å². The summed E-state index contributed by atoms with van der Waals surface area (Å²) in [6, 6.07) is 15.0. The van der Waals surface area contributed by atoms with Crippen molar-refractivity contribution in [3.8, 4) is 28.5 Å². The summed E-state index contributed by atoms with van der Waals surface area (Å²) in [6.07, 6.45) is -8.52. The molecule has 4 rings (SSSR count). The minimum Gasteiger partial charge on any atom is -0.457 e. The minimum absolute atomic E-state index is 0.0475. The third-order valence-corrected chi connectivity index (χ3v) is 4.52. The van der Waals surface area contributed by atoms with Crippen molar-refractivity contribution in [2.24, 2.45) is 0 Å². The first-order valence-electron chi connectivity index (χ1n) is 10.0. The van der Waals surface area contributed by atoms with Gasteiger partial charge in [0.15, 0.2) is 0 Å². The van der Waals surface area contributed by atoms with Crippen molar-refractivity contribution in [1.82, 2.24) is 15.0 Å². The Bertz CT molecular complexity index is 1360. The zero-order valence-electron chi connectivity index (χ0n) is 17.9. The summed E-state index contributed by atoms with van der Waals surface area (Å²) < 4.78 is 86.3. The number of aromatic nitrogens is 3. The molecule has 2 heterocycles. The fraction of sp³-hybridized carbons (Fsp3) is 0.0870. The van der Waals surface area contributed by atoms with E-state index >= 15 is 0 Å². The molecule has 0 amide bonds. The summed E-state index contributed by atoms with van der Waals surface area (Å²) in [4.78, 5) is 11.3. The van der Waals surface area contributed by atoms with E-state index in [9.17, 15) is 26.3 Å². The summed E-state index contributed by atoms with van der Waals surface area (Å²) in [7, 11) is 0. The maximum absolute atomic E-state index is 12.8. The molecule has 0 aliphatic carbocycles. The van der Waals surface area contributed by atoms with Crippen molar-refractivity contribution in [1.29, 1.82) is 0 Å². The van der Waals surface area contributed by atoms with Crippen molar-refractivity contribution in [2.75, 3.05) is 11.1 Å². The lowest BCUT2D eigenvalue weighted by molar-refractivity contribution is -0.274. The maximum atomic E-state index is 12.8. The number of benzene rings is 2. The summed E-state index contributed by atoms with van der Waals surface area (Å²) >= 11 is 0. The predicted molar refractivity (Wildman–Crippen MR) is 118 cm³/mol. The lowest BCUT2D eigenvalue weighted by Gasteiger charge is -2.14. The van der Waals surface area contributed by atoms with E-state index in [0.717, 1.165) is 18.3 Å². The lowest BCUT2D eigenvalue weighted by Crippen LogP contribution is -2.17. The van der Waals surface area contributed by atoms with Gasteiger partial charge in [-0.25, -0.2) is 4.98 Å². The summed E-state index contributed by atoms with van der Waals surface area (Å²) in [5.41, 5.74) is 5.28. The molecule has 0 aliphatic heterocycles. The Balaban J connectivity index is 1.52. The number of halogens is 6. The van der Waals surface area contributed by atoms with Crippen molar-refractivity contribution < 1.29 is 35.8 Å². The fourth-order valence-electron chi connectivity index (χ4n) is 3.08. The smallest absolute Gasteiger partial charge is 0.457 e. The molecular weight excluding hydrogens is 492 g/mol. The molecule has 0 atom stereocenters. The van der Waals surface area contributed by atoms with Gasteiger partial charge >= 0.3 is 12.5 Å². The number of nitrogens with one attached hydrogen (secondary N) is 1. The highest BCUT2D eigenvalue weighted by Gasteiger charge is 2.33. The van der Waals surface area contributed by atoms with E-state index in [1.54, 1.807) is 12.1 Å². The average molecular weight is 507 g/mol. The topological polar surface area (TPSA) is 95.2 Å². The van der Waals surface area contributed by atoms with Gasteiger partial charge in [0.25, 0.3) is 0 Å². The van der Waals surface area contributed by atoms with Gasteiger partial charge in [-0.2, -0.15) is 18.2 Å². The first-order valence-corrected chi connectivity index (χ1v) is 10.0. The van der Waals surface area contributed by atoms with Crippen LogP contribution in [0.15, 0.2) is 72.9 Å². The highest BCUT2D eigenvalue weighted by atomic mass is 19.4. The summed E-state index contributed by atoms with van der Waals surface area (Å²) in [5.74, 6) is -0.279. The molecule has 36 heavy (non-hydrogen) atoms. The third-order valence-electron chi connectivity index (χ3n) is 4.52. The molecule has 0 saturated carbocycles. The molecule has 186 valence electrons. The number of nitrogens with zero attached hydrogens (tertiary/aromatic N) is 3. The van der Waals surface area contributed by atoms with E-state index in [0.29, 0.717) is 5.69 Å². The van der Waals surface area contributed by atoms with E-state index in [1.165, 1.54) is 42.5 Å². The number of alkyl halides is 6. The van der Waals surface area contributed by atoms with E-state index in [-0.39, 0.29) is 34.5 Å². The Hall–Kier alpha value is -4.55. The van der Waals surface area contributed by atoms with Crippen molar-refractivity contribution in [3.05, 3.63) is 78.6 Å². The predicted octanol–water partition coefficient (Wildman–Crippen LogP) is 6.57. The minimum atomic E-state index is -4.90. The van der Waals surface area contributed by atoms with Crippen LogP contribution in [-0.4, -0.2) is 21.3 Å². The quantitative estimate of drug-likeness (QED) is 0.285. The Kier molecular flexibility index (Phi) is 6.55. The highest BCUT2D eigenvalue weighted by Crippen LogP contribution is 2.35. The van der Waals surface area contributed by atoms with E-state index < -0.39 is 24.0 Å². The Morgan fingerprint density at radius 1 is 0.806 bits per heavy atom.